The molecule has 4 aromatic carbocycles. The molecule has 4 aromatic rings. The first-order chi connectivity index (χ1) is 28.1. The monoisotopic (exact) mass is 800 g/mol. The summed E-state index contributed by atoms with van der Waals surface area (Å²) in [6.45, 7) is 28.4. The summed E-state index contributed by atoms with van der Waals surface area (Å²) in [5.41, 5.74) is 14.4. The van der Waals surface area contributed by atoms with Crippen molar-refractivity contribution < 1.29 is 0 Å². The number of nitrogens with one attached hydrogen (secondary N) is 2. The third-order valence-electron chi connectivity index (χ3n) is 13.6. The zero-order valence-corrected chi connectivity index (χ0v) is 39.9. The van der Waals surface area contributed by atoms with Gasteiger partial charge in [-0.2, -0.15) is 0 Å². The van der Waals surface area contributed by atoms with Crippen molar-refractivity contribution in [3.63, 3.8) is 0 Å². The fourth-order valence-corrected chi connectivity index (χ4v) is 8.83. The minimum absolute atomic E-state index is 0.0885. The second kappa shape index (κ2) is 22.2. The molecule has 4 rings (SSSR count). The van der Waals surface area contributed by atoms with Crippen molar-refractivity contribution in [3.05, 3.63) is 119 Å². The van der Waals surface area contributed by atoms with Crippen LogP contribution in [0.15, 0.2) is 97.1 Å². The van der Waals surface area contributed by atoms with E-state index in [1.165, 1.54) is 118 Å². The van der Waals surface area contributed by atoms with Crippen LogP contribution in [-0.4, -0.2) is 6.04 Å². The molecule has 0 saturated heterocycles. The van der Waals surface area contributed by atoms with E-state index in [9.17, 15) is 0 Å². The Labute approximate surface area is 363 Å². The molecule has 0 aliphatic rings. The minimum Gasteiger partial charge on any atom is -0.381 e. The molecule has 59 heavy (non-hydrogen) atoms. The number of hydrogen-bond donors (Lipinski definition) is 2. The molecule has 324 valence electrons. The van der Waals surface area contributed by atoms with Crippen LogP contribution in [0.4, 0.5) is 22.7 Å². The number of benzene rings is 4. The Morgan fingerprint density at radius 3 is 1.12 bits per heavy atom. The Balaban J connectivity index is 1.62. The largest absolute Gasteiger partial charge is 0.381 e. The molecule has 0 heterocycles. The number of unbranched alkanes of at least 4 members (excludes halogenated alkanes) is 7. The second-order valence-corrected chi connectivity index (χ2v) is 20.3. The van der Waals surface area contributed by atoms with Crippen molar-refractivity contribution >= 4 is 22.7 Å². The first-order valence-electron chi connectivity index (χ1n) is 23.8. The van der Waals surface area contributed by atoms with Crippen LogP contribution in [0.5, 0.6) is 0 Å². The zero-order chi connectivity index (χ0) is 43.1. The molecule has 0 spiro atoms. The van der Waals surface area contributed by atoms with Crippen molar-refractivity contribution in [3.8, 4) is 0 Å². The lowest BCUT2D eigenvalue weighted by Gasteiger charge is -2.37. The first kappa shape index (κ1) is 48.0. The summed E-state index contributed by atoms with van der Waals surface area (Å²) in [5.74, 6) is 0. The van der Waals surface area contributed by atoms with E-state index < -0.39 is 0 Å². The number of anilines is 4. The van der Waals surface area contributed by atoms with Crippen LogP contribution in [0.25, 0.3) is 0 Å². The van der Waals surface area contributed by atoms with Crippen LogP contribution >= 0.6 is 0 Å². The minimum atomic E-state index is -0.0885. The van der Waals surface area contributed by atoms with Crippen LogP contribution in [0.2, 0.25) is 0 Å². The summed E-state index contributed by atoms with van der Waals surface area (Å²) >= 11 is 0. The lowest BCUT2D eigenvalue weighted by Crippen LogP contribution is -2.40. The molecule has 0 bridgehead atoms. The summed E-state index contributed by atoms with van der Waals surface area (Å²) < 4.78 is 0. The fraction of sp³-hybridized carbons (Fsp3) is 0.571. The molecule has 0 radical (unpaired) electrons. The van der Waals surface area contributed by atoms with Gasteiger partial charge in [0.1, 0.15) is 0 Å². The first-order valence-corrected chi connectivity index (χ1v) is 23.8. The highest BCUT2D eigenvalue weighted by Gasteiger charge is 2.32. The molecule has 0 saturated carbocycles. The maximum Gasteiger partial charge on any atom is 0.0630 e. The Morgan fingerprint density at radius 1 is 0.407 bits per heavy atom. The topological polar surface area (TPSA) is 27.3 Å². The maximum atomic E-state index is 4.02. The molecule has 3 heteroatoms. The number of hydrazine groups is 1. The highest BCUT2D eigenvalue weighted by atomic mass is 15.5. The third kappa shape index (κ3) is 13.6. The smallest absolute Gasteiger partial charge is 0.0630 e. The third-order valence-corrected chi connectivity index (χ3v) is 13.6. The summed E-state index contributed by atoms with van der Waals surface area (Å²) in [7, 11) is 0. The van der Waals surface area contributed by atoms with Crippen LogP contribution < -0.4 is 15.8 Å². The molecule has 0 fully saturated rings. The standard InChI is InChI=1S/C56H85N3/c1-13-17-21-41-53(5,6)44-25-33-48(34-26-44)57-52(24-20-16-4)56(11,12)47-31-39-51(40-32-47)59(50-37-29-46(30-38-50)55(9,10)43-23-19-15-3)58-49-35-27-45(28-36-49)54(7,8)42-22-18-14-2/h25-40,52,57-58H,13-24,41-43H2,1-12H3. The Morgan fingerprint density at radius 2 is 0.746 bits per heavy atom. The second-order valence-electron chi connectivity index (χ2n) is 20.3. The van der Waals surface area contributed by atoms with Crippen LogP contribution in [-0.2, 0) is 21.7 Å². The van der Waals surface area contributed by atoms with E-state index in [1.807, 2.05) is 0 Å². The SMILES string of the molecule is CCCCCC(C)(C)c1ccc(NC(CCCC)C(C)(C)c2ccc(N(Nc3ccc(C(C)(C)CCCCC)cc3)c3ccc(C(C)(C)CCCCC)cc3)cc2)cc1. The van der Waals surface area contributed by atoms with Gasteiger partial charge in [-0.1, -0.05) is 202 Å². The highest BCUT2D eigenvalue weighted by molar-refractivity contribution is 5.69. The average molecular weight is 800 g/mol. The predicted octanol–water partition coefficient (Wildman–Crippen LogP) is 17.4. The van der Waals surface area contributed by atoms with Gasteiger partial charge in [0.15, 0.2) is 0 Å². The highest BCUT2D eigenvalue weighted by Crippen LogP contribution is 2.38. The Hall–Kier alpha value is -3.72. The van der Waals surface area contributed by atoms with Gasteiger partial charge in [-0.3, -0.25) is 10.4 Å². The normalized spacial score (nSPS) is 13.0. The van der Waals surface area contributed by atoms with Gasteiger partial charge in [0, 0.05) is 17.1 Å². The molecule has 1 unspecified atom stereocenters. The predicted molar refractivity (Wildman–Crippen MR) is 263 cm³/mol. The van der Waals surface area contributed by atoms with Gasteiger partial charge in [-0.05, 0) is 113 Å². The van der Waals surface area contributed by atoms with Crippen molar-refractivity contribution in [2.45, 2.75) is 207 Å². The van der Waals surface area contributed by atoms with E-state index in [0.29, 0.717) is 6.04 Å². The van der Waals surface area contributed by atoms with E-state index in [-0.39, 0.29) is 21.7 Å². The Bertz CT molecular complexity index is 1760. The number of nitrogens with zero attached hydrogens (tertiary/aromatic N) is 1. The van der Waals surface area contributed by atoms with Gasteiger partial charge in [-0.15, -0.1) is 0 Å². The van der Waals surface area contributed by atoms with Gasteiger partial charge < -0.3 is 5.32 Å². The average Bonchev–Trinajstić information content (AvgIpc) is 3.22. The zero-order valence-electron chi connectivity index (χ0n) is 39.9. The molecule has 0 amide bonds. The van der Waals surface area contributed by atoms with Gasteiger partial charge in [0.2, 0.25) is 0 Å². The van der Waals surface area contributed by atoms with Crippen molar-refractivity contribution in [2.24, 2.45) is 0 Å². The van der Waals surface area contributed by atoms with Gasteiger partial charge in [0.05, 0.1) is 17.1 Å². The maximum absolute atomic E-state index is 4.02. The van der Waals surface area contributed by atoms with E-state index in [1.54, 1.807) is 0 Å². The lowest BCUT2D eigenvalue weighted by atomic mass is 9.75. The molecule has 0 aromatic heterocycles. The summed E-state index contributed by atoms with van der Waals surface area (Å²) in [4.78, 5) is 0. The fourth-order valence-electron chi connectivity index (χ4n) is 8.83. The van der Waals surface area contributed by atoms with Gasteiger partial charge in [0.25, 0.3) is 0 Å². The number of rotatable bonds is 26. The van der Waals surface area contributed by atoms with Crippen molar-refractivity contribution in [1.29, 1.82) is 0 Å². The van der Waals surface area contributed by atoms with Gasteiger partial charge >= 0.3 is 0 Å². The van der Waals surface area contributed by atoms with Crippen LogP contribution in [0, 0.1) is 0 Å². The van der Waals surface area contributed by atoms with E-state index in [0.717, 1.165) is 23.5 Å². The summed E-state index contributed by atoms with van der Waals surface area (Å²) in [6.07, 6.45) is 18.7. The summed E-state index contributed by atoms with van der Waals surface area (Å²) in [5, 5.41) is 6.29. The number of hydrogen-bond acceptors (Lipinski definition) is 3. The molecular weight excluding hydrogens is 715 g/mol. The van der Waals surface area contributed by atoms with Crippen molar-refractivity contribution in [1.82, 2.24) is 0 Å². The Kier molecular flexibility index (Phi) is 18.1. The van der Waals surface area contributed by atoms with Crippen LogP contribution in [0.3, 0.4) is 0 Å². The molecule has 1 atom stereocenters. The van der Waals surface area contributed by atoms with E-state index >= 15 is 0 Å². The lowest BCUT2D eigenvalue weighted by molar-refractivity contribution is 0.403. The summed E-state index contributed by atoms with van der Waals surface area (Å²) in [6, 6.07) is 37.4. The van der Waals surface area contributed by atoms with E-state index in [4.69, 9.17) is 0 Å². The molecule has 2 N–H and O–H groups in total. The molecule has 0 aliphatic carbocycles. The molecular formula is C56H85N3. The van der Waals surface area contributed by atoms with Crippen molar-refractivity contribution in [2.75, 3.05) is 15.8 Å². The van der Waals surface area contributed by atoms with E-state index in [2.05, 4.69) is 196 Å². The quantitative estimate of drug-likeness (QED) is 0.0489. The van der Waals surface area contributed by atoms with Gasteiger partial charge in [-0.25, -0.2) is 0 Å². The van der Waals surface area contributed by atoms with Crippen LogP contribution in [0.1, 0.15) is 202 Å². The molecule has 0 aliphatic heterocycles. The molecule has 3 nitrogen and oxygen atoms in total.